The third kappa shape index (κ3) is 4.57. The average Bonchev–Trinajstić information content (AvgIpc) is 2.33. The van der Waals surface area contributed by atoms with Gasteiger partial charge in [-0.05, 0) is 23.1 Å². The fourth-order valence-corrected chi connectivity index (χ4v) is 1.60. The van der Waals surface area contributed by atoms with Crippen LogP contribution in [0.2, 0.25) is 0 Å². The van der Waals surface area contributed by atoms with Gasteiger partial charge < -0.3 is 14.2 Å². The van der Waals surface area contributed by atoms with Crippen molar-refractivity contribution in [2.45, 2.75) is 32.6 Å². The summed E-state index contributed by atoms with van der Waals surface area (Å²) in [5.74, 6) is 1.69. The van der Waals surface area contributed by atoms with Gasteiger partial charge in [0.1, 0.15) is 11.5 Å². The number of hydrogen-bond acceptors (Lipinski definition) is 3. The summed E-state index contributed by atoms with van der Waals surface area (Å²) >= 11 is 0. The highest BCUT2D eigenvalue weighted by Gasteiger charge is 2.16. The molecule has 0 aliphatic carbocycles. The molecule has 3 nitrogen and oxygen atoms in total. The SMILES string of the molecule is COCCCOc1cc(OC)cc(C(C)(C)C)c1. The molecule has 0 fully saturated rings. The minimum absolute atomic E-state index is 0.0825. The molecule has 0 amide bonds. The zero-order valence-corrected chi connectivity index (χ0v) is 12.1. The van der Waals surface area contributed by atoms with Gasteiger partial charge in [0, 0.05) is 26.2 Å². The summed E-state index contributed by atoms with van der Waals surface area (Å²) in [4.78, 5) is 0. The Hall–Kier alpha value is -1.22. The Morgan fingerprint density at radius 3 is 2.17 bits per heavy atom. The first-order valence-electron chi connectivity index (χ1n) is 6.28. The van der Waals surface area contributed by atoms with Crippen LogP contribution in [0.15, 0.2) is 18.2 Å². The molecule has 0 heterocycles. The van der Waals surface area contributed by atoms with Gasteiger partial charge in [0.2, 0.25) is 0 Å². The molecule has 0 spiro atoms. The van der Waals surface area contributed by atoms with Crippen molar-refractivity contribution in [2.75, 3.05) is 27.4 Å². The molecule has 0 N–H and O–H groups in total. The van der Waals surface area contributed by atoms with Gasteiger partial charge in [-0.1, -0.05) is 20.8 Å². The third-order valence-corrected chi connectivity index (χ3v) is 2.74. The Morgan fingerprint density at radius 1 is 0.944 bits per heavy atom. The van der Waals surface area contributed by atoms with Crippen molar-refractivity contribution in [3.05, 3.63) is 23.8 Å². The molecule has 3 heteroatoms. The standard InChI is InChI=1S/C15H24O3/c1-15(2,3)12-9-13(17-5)11-14(10-12)18-8-6-7-16-4/h9-11H,6-8H2,1-5H3. The van der Waals surface area contributed by atoms with E-state index in [1.165, 1.54) is 5.56 Å². The Kier molecular flexibility index (Phi) is 5.48. The fraction of sp³-hybridized carbons (Fsp3) is 0.600. The molecule has 0 radical (unpaired) electrons. The highest BCUT2D eigenvalue weighted by atomic mass is 16.5. The van der Waals surface area contributed by atoms with Crippen LogP contribution in [0.1, 0.15) is 32.8 Å². The fourth-order valence-electron chi connectivity index (χ4n) is 1.60. The summed E-state index contributed by atoms with van der Waals surface area (Å²) in [6, 6.07) is 6.05. The lowest BCUT2D eigenvalue weighted by Gasteiger charge is -2.21. The lowest BCUT2D eigenvalue weighted by molar-refractivity contribution is 0.172. The number of hydrogen-bond donors (Lipinski definition) is 0. The van der Waals surface area contributed by atoms with Gasteiger partial charge in [-0.2, -0.15) is 0 Å². The molecule has 0 aromatic heterocycles. The Balaban J connectivity index is 2.78. The quantitative estimate of drug-likeness (QED) is 0.726. The zero-order chi connectivity index (χ0) is 13.6. The first-order valence-corrected chi connectivity index (χ1v) is 6.28. The van der Waals surface area contributed by atoms with Gasteiger partial charge in [-0.25, -0.2) is 0 Å². The van der Waals surface area contributed by atoms with E-state index >= 15 is 0 Å². The van der Waals surface area contributed by atoms with Gasteiger partial charge >= 0.3 is 0 Å². The second kappa shape index (κ2) is 6.64. The maximum absolute atomic E-state index is 5.73. The molecule has 1 aromatic rings. The molecular formula is C15H24O3. The summed E-state index contributed by atoms with van der Waals surface area (Å²) in [5.41, 5.74) is 1.29. The maximum Gasteiger partial charge on any atom is 0.123 e. The molecule has 0 aliphatic heterocycles. The minimum atomic E-state index is 0.0825. The highest BCUT2D eigenvalue weighted by Crippen LogP contribution is 2.30. The van der Waals surface area contributed by atoms with E-state index in [0.29, 0.717) is 6.61 Å². The smallest absolute Gasteiger partial charge is 0.123 e. The van der Waals surface area contributed by atoms with Crippen molar-refractivity contribution in [2.24, 2.45) is 0 Å². The topological polar surface area (TPSA) is 27.7 Å². The summed E-state index contributed by atoms with van der Waals surface area (Å²) < 4.78 is 16.0. The third-order valence-electron chi connectivity index (χ3n) is 2.74. The summed E-state index contributed by atoms with van der Waals surface area (Å²) in [6.07, 6.45) is 0.887. The van der Waals surface area contributed by atoms with Crippen molar-refractivity contribution in [1.82, 2.24) is 0 Å². The van der Waals surface area contributed by atoms with Gasteiger partial charge in [-0.15, -0.1) is 0 Å². The molecule has 18 heavy (non-hydrogen) atoms. The summed E-state index contributed by atoms with van der Waals surface area (Å²) in [7, 11) is 3.37. The monoisotopic (exact) mass is 252 g/mol. The van der Waals surface area contributed by atoms with Crippen LogP contribution in [0, 0.1) is 0 Å². The number of rotatable bonds is 6. The number of ether oxygens (including phenoxy) is 3. The van der Waals surface area contributed by atoms with Gasteiger partial charge in [0.15, 0.2) is 0 Å². The maximum atomic E-state index is 5.73. The normalized spacial score (nSPS) is 11.4. The molecule has 0 aliphatic rings. The van der Waals surface area contributed by atoms with Gasteiger partial charge in [0.25, 0.3) is 0 Å². The molecule has 1 aromatic carbocycles. The molecule has 0 atom stereocenters. The van der Waals surface area contributed by atoms with Crippen molar-refractivity contribution >= 4 is 0 Å². The lowest BCUT2D eigenvalue weighted by atomic mass is 9.87. The van der Waals surface area contributed by atoms with E-state index in [1.807, 2.05) is 6.07 Å². The number of benzene rings is 1. The second-order valence-electron chi connectivity index (χ2n) is 5.34. The Bertz CT molecular complexity index is 366. The second-order valence-corrected chi connectivity index (χ2v) is 5.34. The van der Waals surface area contributed by atoms with E-state index in [9.17, 15) is 0 Å². The first kappa shape index (κ1) is 14.8. The molecule has 0 saturated carbocycles. The summed E-state index contributed by atoms with van der Waals surface area (Å²) in [6.45, 7) is 7.91. The molecule has 0 saturated heterocycles. The minimum Gasteiger partial charge on any atom is -0.497 e. The summed E-state index contributed by atoms with van der Waals surface area (Å²) in [5, 5.41) is 0. The largest absolute Gasteiger partial charge is 0.497 e. The van der Waals surface area contributed by atoms with E-state index in [-0.39, 0.29) is 5.41 Å². The van der Waals surface area contributed by atoms with E-state index in [2.05, 4.69) is 32.9 Å². The molecule has 102 valence electrons. The van der Waals surface area contributed by atoms with Crippen LogP contribution >= 0.6 is 0 Å². The van der Waals surface area contributed by atoms with E-state index < -0.39 is 0 Å². The molecule has 0 bridgehead atoms. The van der Waals surface area contributed by atoms with Crippen LogP contribution < -0.4 is 9.47 Å². The lowest BCUT2D eigenvalue weighted by Crippen LogP contribution is -2.11. The Morgan fingerprint density at radius 2 is 1.61 bits per heavy atom. The van der Waals surface area contributed by atoms with E-state index in [1.54, 1.807) is 14.2 Å². The van der Waals surface area contributed by atoms with Crippen LogP contribution in [0.25, 0.3) is 0 Å². The zero-order valence-electron chi connectivity index (χ0n) is 12.1. The molecule has 1 rings (SSSR count). The van der Waals surface area contributed by atoms with Crippen LogP contribution in [-0.2, 0) is 10.2 Å². The van der Waals surface area contributed by atoms with Crippen molar-refractivity contribution in [1.29, 1.82) is 0 Å². The molecule has 0 unspecified atom stereocenters. The number of methoxy groups -OCH3 is 2. The van der Waals surface area contributed by atoms with Crippen LogP contribution in [0.5, 0.6) is 11.5 Å². The highest BCUT2D eigenvalue weighted by molar-refractivity contribution is 5.41. The predicted molar refractivity (Wildman–Crippen MR) is 73.7 cm³/mol. The van der Waals surface area contributed by atoms with E-state index in [0.717, 1.165) is 24.5 Å². The Labute approximate surface area is 110 Å². The van der Waals surface area contributed by atoms with Crippen molar-refractivity contribution < 1.29 is 14.2 Å². The van der Waals surface area contributed by atoms with Crippen molar-refractivity contribution in [3.8, 4) is 11.5 Å². The first-order chi connectivity index (χ1) is 8.47. The van der Waals surface area contributed by atoms with E-state index in [4.69, 9.17) is 14.2 Å². The van der Waals surface area contributed by atoms with Crippen LogP contribution in [0.4, 0.5) is 0 Å². The molecular weight excluding hydrogens is 228 g/mol. The van der Waals surface area contributed by atoms with Crippen LogP contribution in [0.3, 0.4) is 0 Å². The average molecular weight is 252 g/mol. The predicted octanol–water partition coefficient (Wildman–Crippen LogP) is 3.41. The van der Waals surface area contributed by atoms with Crippen molar-refractivity contribution in [3.63, 3.8) is 0 Å². The van der Waals surface area contributed by atoms with Crippen LogP contribution in [-0.4, -0.2) is 27.4 Å². The van der Waals surface area contributed by atoms with Gasteiger partial charge in [0.05, 0.1) is 13.7 Å². The van der Waals surface area contributed by atoms with Gasteiger partial charge in [-0.3, -0.25) is 0 Å².